The van der Waals surface area contributed by atoms with E-state index < -0.39 is 56.3 Å². The number of sulfone groups is 1. The summed E-state index contributed by atoms with van der Waals surface area (Å²) in [7, 11) is -3.99. The minimum Gasteiger partial charge on any atom is -0.493 e. The molecule has 0 saturated carbocycles. The Hall–Kier alpha value is -2.99. The molecule has 0 bridgehead atoms. The standard InChI is InChI=1S/C33H48N4O6S/c1-6-32(34,20-24-11-8-7-9-12-24)37(29(38)21-31(3,4)5)33(40,36-30(39)27-13-10-17-35-27)23(2)22-44(41,42)26-14-15-28-25(19-26)16-18-43-28/h7-9,11-12,14-15,19,23,27,35,40H,6,10,13,16-18,20-22,34H2,1-5H3,(H,36,39)/t23-,27?,32?,33?/m0/s1. The number of fused-ring (bicyclic) bond motifs is 1. The first kappa shape index (κ1) is 33.9. The fourth-order valence-electron chi connectivity index (χ4n) is 6.10. The highest BCUT2D eigenvalue weighted by molar-refractivity contribution is 7.91. The highest BCUT2D eigenvalue weighted by atomic mass is 32.2. The second-order valence-electron chi connectivity index (χ2n) is 13.5. The van der Waals surface area contributed by atoms with E-state index in [2.05, 4.69) is 10.6 Å². The van der Waals surface area contributed by atoms with E-state index in [1.54, 1.807) is 12.1 Å². The lowest BCUT2D eigenvalue weighted by Crippen LogP contribution is -2.76. The van der Waals surface area contributed by atoms with Gasteiger partial charge in [0.25, 0.3) is 0 Å². The number of carbonyl (C=O) groups excluding carboxylic acids is 2. The molecular formula is C33H48N4O6S. The second-order valence-corrected chi connectivity index (χ2v) is 15.5. The van der Waals surface area contributed by atoms with E-state index in [1.807, 2.05) is 58.0 Å². The number of amides is 2. The third kappa shape index (κ3) is 7.62. The van der Waals surface area contributed by atoms with E-state index in [0.717, 1.165) is 17.5 Å². The number of rotatable bonds is 12. The molecular weight excluding hydrogens is 580 g/mol. The van der Waals surface area contributed by atoms with Crippen molar-refractivity contribution in [2.45, 2.75) is 95.6 Å². The van der Waals surface area contributed by atoms with Crippen LogP contribution in [0.25, 0.3) is 0 Å². The number of aliphatic hydroxyl groups is 1. The van der Waals surface area contributed by atoms with Gasteiger partial charge in [0.2, 0.25) is 17.7 Å². The van der Waals surface area contributed by atoms with Crippen molar-refractivity contribution in [3.8, 4) is 5.75 Å². The summed E-state index contributed by atoms with van der Waals surface area (Å²) in [5, 5.41) is 18.6. The first-order valence-corrected chi connectivity index (χ1v) is 17.2. The zero-order valence-electron chi connectivity index (χ0n) is 26.6. The summed E-state index contributed by atoms with van der Waals surface area (Å²) in [5.41, 5.74) is 6.76. The van der Waals surface area contributed by atoms with Crippen LogP contribution in [0.2, 0.25) is 0 Å². The van der Waals surface area contributed by atoms with Crippen LogP contribution >= 0.6 is 0 Å². The quantitative estimate of drug-likeness (QED) is 0.262. The zero-order valence-corrected chi connectivity index (χ0v) is 27.4. The van der Waals surface area contributed by atoms with Crippen LogP contribution in [-0.4, -0.2) is 66.7 Å². The smallest absolute Gasteiger partial charge is 0.240 e. The maximum absolute atomic E-state index is 14.3. The number of ether oxygens (including phenoxy) is 1. The molecule has 5 N–H and O–H groups in total. The Morgan fingerprint density at radius 3 is 2.50 bits per heavy atom. The highest BCUT2D eigenvalue weighted by Crippen LogP contribution is 2.36. The van der Waals surface area contributed by atoms with Crippen LogP contribution in [0, 0.1) is 11.3 Å². The zero-order chi connectivity index (χ0) is 32.3. The SMILES string of the molecule is CCC(N)(Cc1ccccc1)N(C(=O)CC(C)(C)C)C(O)(NC(=O)C1CCCN1)[C@@H](C)CS(=O)(=O)c1ccc2c(c1)CCO2. The molecule has 11 heteroatoms. The molecule has 2 aliphatic rings. The van der Waals surface area contributed by atoms with E-state index in [4.69, 9.17) is 10.5 Å². The summed E-state index contributed by atoms with van der Waals surface area (Å²) < 4.78 is 33.2. The molecule has 44 heavy (non-hydrogen) atoms. The maximum Gasteiger partial charge on any atom is 0.240 e. The van der Waals surface area contributed by atoms with E-state index in [1.165, 1.54) is 17.9 Å². The van der Waals surface area contributed by atoms with Crippen molar-refractivity contribution in [3.05, 3.63) is 59.7 Å². The average molecular weight is 629 g/mol. The molecule has 4 atom stereocenters. The van der Waals surface area contributed by atoms with Gasteiger partial charge in [-0.3, -0.25) is 14.5 Å². The molecule has 3 unspecified atom stereocenters. The Bertz CT molecular complexity index is 1440. The Labute approximate surface area is 261 Å². The van der Waals surface area contributed by atoms with Gasteiger partial charge in [-0.2, -0.15) is 0 Å². The predicted molar refractivity (Wildman–Crippen MR) is 169 cm³/mol. The van der Waals surface area contributed by atoms with Gasteiger partial charge in [-0.15, -0.1) is 0 Å². The van der Waals surface area contributed by atoms with Crippen molar-refractivity contribution in [2.24, 2.45) is 17.1 Å². The third-order valence-electron chi connectivity index (χ3n) is 8.54. The van der Waals surface area contributed by atoms with Crippen LogP contribution in [-0.2, 0) is 32.3 Å². The number of benzene rings is 2. The first-order valence-electron chi connectivity index (χ1n) is 15.5. The number of nitrogens with zero attached hydrogens (tertiary/aromatic N) is 1. The summed E-state index contributed by atoms with van der Waals surface area (Å²) in [6.07, 6.45) is 2.33. The first-order chi connectivity index (χ1) is 20.6. The maximum atomic E-state index is 14.3. The Kier molecular flexibility index (Phi) is 10.1. The van der Waals surface area contributed by atoms with Gasteiger partial charge in [0.15, 0.2) is 9.84 Å². The topological polar surface area (TPSA) is 151 Å². The molecule has 1 fully saturated rings. The highest BCUT2D eigenvalue weighted by Gasteiger charge is 2.53. The lowest BCUT2D eigenvalue weighted by atomic mass is 9.87. The molecule has 0 radical (unpaired) electrons. The molecule has 2 aromatic carbocycles. The number of hydrogen-bond donors (Lipinski definition) is 4. The fourth-order valence-corrected chi connectivity index (χ4v) is 7.78. The predicted octanol–water partition coefficient (Wildman–Crippen LogP) is 3.12. The monoisotopic (exact) mass is 628 g/mol. The van der Waals surface area contributed by atoms with Crippen LogP contribution in [0.3, 0.4) is 0 Å². The number of nitrogens with two attached hydrogens (primary N) is 1. The number of hydrogen-bond acceptors (Lipinski definition) is 8. The largest absolute Gasteiger partial charge is 0.493 e. The van der Waals surface area contributed by atoms with Crippen LogP contribution in [0.4, 0.5) is 0 Å². The fraction of sp³-hybridized carbons (Fsp3) is 0.576. The Balaban J connectivity index is 1.80. The molecule has 4 rings (SSSR count). The minimum atomic E-state index is -3.99. The van der Waals surface area contributed by atoms with Gasteiger partial charge in [-0.25, -0.2) is 8.42 Å². The van der Waals surface area contributed by atoms with Gasteiger partial charge in [0.1, 0.15) is 5.75 Å². The van der Waals surface area contributed by atoms with Crippen LogP contribution < -0.4 is 21.1 Å². The van der Waals surface area contributed by atoms with E-state index in [-0.39, 0.29) is 24.2 Å². The van der Waals surface area contributed by atoms with Crippen molar-refractivity contribution in [1.82, 2.24) is 15.5 Å². The summed E-state index contributed by atoms with van der Waals surface area (Å²) in [6.45, 7) is 10.2. The van der Waals surface area contributed by atoms with E-state index >= 15 is 0 Å². The number of nitrogens with one attached hydrogen (secondary N) is 2. The molecule has 2 aromatic rings. The molecule has 1 saturated heterocycles. The molecule has 242 valence electrons. The minimum absolute atomic E-state index is 0.00485. The molecule has 2 amide bonds. The van der Waals surface area contributed by atoms with Crippen molar-refractivity contribution in [3.63, 3.8) is 0 Å². The summed E-state index contributed by atoms with van der Waals surface area (Å²) in [4.78, 5) is 29.2. The van der Waals surface area contributed by atoms with Gasteiger partial charge >= 0.3 is 0 Å². The second kappa shape index (κ2) is 13.2. The number of carbonyl (C=O) groups is 2. The van der Waals surface area contributed by atoms with Crippen molar-refractivity contribution < 1.29 is 27.9 Å². The van der Waals surface area contributed by atoms with Crippen LogP contribution in [0.15, 0.2) is 53.4 Å². The van der Waals surface area contributed by atoms with Crippen molar-refractivity contribution in [1.29, 1.82) is 0 Å². The summed E-state index contributed by atoms with van der Waals surface area (Å²) in [6, 6.07) is 13.5. The van der Waals surface area contributed by atoms with Crippen LogP contribution in [0.5, 0.6) is 5.75 Å². The normalized spacial score (nSPS) is 20.1. The molecule has 2 heterocycles. The summed E-state index contributed by atoms with van der Waals surface area (Å²) in [5.74, 6) is -4.51. The van der Waals surface area contributed by atoms with Gasteiger partial charge in [0, 0.05) is 25.2 Å². The molecule has 2 aliphatic heterocycles. The van der Waals surface area contributed by atoms with E-state index in [9.17, 15) is 23.1 Å². The van der Waals surface area contributed by atoms with Crippen molar-refractivity contribution in [2.75, 3.05) is 18.9 Å². The van der Waals surface area contributed by atoms with Gasteiger partial charge in [-0.1, -0.05) is 65.0 Å². The molecule has 0 spiro atoms. The molecule has 0 aliphatic carbocycles. The van der Waals surface area contributed by atoms with Gasteiger partial charge < -0.3 is 26.2 Å². The van der Waals surface area contributed by atoms with Crippen LogP contribution in [0.1, 0.15) is 71.4 Å². The summed E-state index contributed by atoms with van der Waals surface area (Å²) >= 11 is 0. The average Bonchev–Trinajstić information content (AvgIpc) is 3.64. The van der Waals surface area contributed by atoms with Crippen molar-refractivity contribution >= 4 is 21.7 Å². The third-order valence-corrected chi connectivity index (χ3v) is 10.5. The Morgan fingerprint density at radius 1 is 1.18 bits per heavy atom. The lowest BCUT2D eigenvalue weighted by molar-refractivity contribution is -0.212. The van der Waals surface area contributed by atoms with E-state index in [0.29, 0.717) is 31.7 Å². The lowest BCUT2D eigenvalue weighted by Gasteiger charge is -2.52. The van der Waals surface area contributed by atoms with Gasteiger partial charge in [-0.05, 0) is 60.5 Å². The molecule has 0 aromatic heterocycles. The molecule has 10 nitrogen and oxygen atoms in total. The van der Waals surface area contributed by atoms with Gasteiger partial charge in [0.05, 0.1) is 29.0 Å². The Morgan fingerprint density at radius 2 is 1.89 bits per heavy atom.